The van der Waals surface area contributed by atoms with Crippen LogP contribution in [0.5, 0.6) is 0 Å². The number of rotatable bonds is 7. The predicted molar refractivity (Wildman–Crippen MR) is 165 cm³/mol. The van der Waals surface area contributed by atoms with Gasteiger partial charge in [0, 0.05) is 22.8 Å². The van der Waals surface area contributed by atoms with Gasteiger partial charge in [0.1, 0.15) is 7.14 Å². The Bertz CT molecular complexity index is 1530. The molecule has 0 heterocycles. The van der Waals surface area contributed by atoms with Gasteiger partial charge in [-0.25, -0.2) is 0 Å². The SMILES string of the molecule is Cc1cc(C)cc(P(=O)(CCP(=S)(c2ccc(C(F)(F)F)cc2)c2ccc(C(F)(F)F)cc2)c2cc(C)cc(C)c2)c1. The Labute approximate surface area is 247 Å². The van der Waals surface area contributed by atoms with Gasteiger partial charge in [-0.15, -0.1) is 0 Å². The Morgan fingerprint density at radius 1 is 0.524 bits per heavy atom. The minimum absolute atomic E-state index is 0.0953. The highest BCUT2D eigenvalue weighted by molar-refractivity contribution is 8.22. The quantitative estimate of drug-likeness (QED) is 0.149. The van der Waals surface area contributed by atoms with Crippen LogP contribution in [-0.2, 0) is 28.7 Å². The molecule has 4 rings (SSSR count). The third-order valence-electron chi connectivity index (χ3n) is 7.20. The number of hydrogen-bond acceptors (Lipinski definition) is 2. The molecule has 0 N–H and O–H groups in total. The van der Waals surface area contributed by atoms with Crippen molar-refractivity contribution in [3.05, 3.63) is 118 Å². The Morgan fingerprint density at radius 2 is 0.833 bits per heavy atom. The Kier molecular flexibility index (Phi) is 9.05. The van der Waals surface area contributed by atoms with E-state index in [0.717, 1.165) is 46.5 Å². The van der Waals surface area contributed by atoms with Gasteiger partial charge >= 0.3 is 12.4 Å². The van der Waals surface area contributed by atoms with Crippen molar-refractivity contribution in [2.45, 2.75) is 40.0 Å². The maximum absolute atomic E-state index is 15.2. The molecule has 0 saturated heterocycles. The fraction of sp³-hybridized carbons (Fsp3) is 0.250. The van der Waals surface area contributed by atoms with E-state index in [1.807, 2.05) is 64.1 Å². The molecule has 0 spiro atoms. The first-order chi connectivity index (χ1) is 19.4. The maximum Gasteiger partial charge on any atom is 0.416 e. The molecule has 222 valence electrons. The molecule has 0 radical (unpaired) electrons. The molecule has 1 nitrogen and oxygen atoms in total. The molecule has 0 amide bonds. The standard InChI is InChI=1S/C32H30F6OP2S/c1-21-15-22(2)18-29(17-21)40(39,30-19-23(3)16-24(4)20-30)13-14-41(42,27-9-5-25(6-10-27)31(33,34)35)28-11-7-26(8-12-28)32(36,37)38/h5-12,15-20H,13-14H2,1-4H3. The van der Waals surface area contributed by atoms with Crippen LogP contribution in [0.15, 0.2) is 84.9 Å². The van der Waals surface area contributed by atoms with Gasteiger partial charge in [-0.1, -0.05) is 70.5 Å². The summed E-state index contributed by atoms with van der Waals surface area (Å²) in [5.74, 6) is 0. The second-order valence-corrected chi connectivity index (χ2v) is 18.5. The van der Waals surface area contributed by atoms with E-state index in [1.54, 1.807) is 0 Å². The highest BCUT2D eigenvalue weighted by Gasteiger charge is 2.35. The zero-order valence-corrected chi connectivity index (χ0v) is 26.1. The van der Waals surface area contributed by atoms with Gasteiger partial charge in [-0.2, -0.15) is 26.3 Å². The van der Waals surface area contributed by atoms with Crippen molar-refractivity contribution in [2.75, 3.05) is 12.3 Å². The Hall–Kier alpha value is -2.66. The molecule has 0 aromatic heterocycles. The van der Waals surface area contributed by atoms with Gasteiger partial charge in [0.05, 0.1) is 11.1 Å². The van der Waals surface area contributed by atoms with Crippen molar-refractivity contribution < 1.29 is 30.9 Å². The molecule has 0 atom stereocenters. The van der Waals surface area contributed by atoms with E-state index in [9.17, 15) is 26.3 Å². The predicted octanol–water partition coefficient (Wildman–Crippen LogP) is 8.40. The highest BCUT2D eigenvalue weighted by Crippen LogP contribution is 2.52. The number of aryl methyl sites for hydroxylation is 4. The topological polar surface area (TPSA) is 17.1 Å². The fourth-order valence-electron chi connectivity index (χ4n) is 5.20. The average Bonchev–Trinajstić information content (AvgIpc) is 2.89. The van der Waals surface area contributed by atoms with Crippen LogP contribution in [0.25, 0.3) is 0 Å². The summed E-state index contributed by atoms with van der Waals surface area (Å²) in [5.41, 5.74) is 2.02. The lowest BCUT2D eigenvalue weighted by molar-refractivity contribution is -0.138. The lowest BCUT2D eigenvalue weighted by Gasteiger charge is -2.28. The number of hydrogen-bond donors (Lipinski definition) is 0. The molecular formula is C32H30F6OP2S. The van der Waals surface area contributed by atoms with Gasteiger partial charge in [0.25, 0.3) is 0 Å². The summed E-state index contributed by atoms with van der Waals surface area (Å²) in [5, 5.41) is 2.12. The van der Waals surface area contributed by atoms with E-state index in [4.69, 9.17) is 11.8 Å². The third-order valence-corrected chi connectivity index (χ3v) is 15.5. The van der Waals surface area contributed by atoms with Crippen molar-refractivity contribution in [3.63, 3.8) is 0 Å². The monoisotopic (exact) mass is 638 g/mol. The first-order valence-corrected chi connectivity index (χ1v) is 18.0. The van der Waals surface area contributed by atoms with Gasteiger partial charge in [0.2, 0.25) is 0 Å². The Morgan fingerprint density at radius 3 is 1.12 bits per heavy atom. The summed E-state index contributed by atoms with van der Waals surface area (Å²) < 4.78 is 95.2. The van der Waals surface area contributed by atoms with Crippen LogP contribution in [0.4, 0.5) is 26.3 Å². The summed E-state index contributed by atoms with van der Waals surface area (Å²) in [7, 11) is -3.34. The second-order valence-electron chi connectivity index (χ2n) is 10.7. The van der Waals surface area contributed by atoms with Gasteiger partial charge in [0.15, 0.2) is 0 Å². The van der Waals surface area contributed by atoms with Crippen LogP contribution in [0, 0.1) is 27.7 Å². The van der Waals surface area contributed by atoms with E-state index in [0.29, 0.717) is 21.2 Å². The average molecular weight is 639 g/mol. The van der Waals surface area contributed by atoms with Crippen molar-refractivity contribution in [1.29, 1.82) is 0 Å². The number of halogens is 6. The fourth-order valence-corrected chi connectivity index (χ4v) is 13.5. The smallest absolute Gasteiger partial charge is 0.314 e. The van der Waals surface area contributed by atoms with Gasteiger partial charge in [-0.3, -0.25) is 0 Å². The molecular weight excluding hydrogens is 608 g/mol. The summed E-state index contributed by atoms with van der Waals surface area (Å²) in [6.07, 6.45) is -8.89. The first kappa shape index (κ1) is 32.3. The molecule has 4 aromatic rings. The number of alkyl halides is 6. The zero-order chi connectivity index (χ0) is 31.1. The molecule has 4 aromatic carbocycles. The molecule has 42 heavy (non-hydrogen) atoms. The van der Waals surface area contributed by atoms with Crippen molar-refractivity contribution in [1.82, 2.24) is 0 Å². The van der Waals surface area contributed by atoms with E-state index < -0.39 is 36.7 Å². The summed E-state index contributed by atoms with van der Waals surface area (Å²) in [6, 6.07) is 17.4. The minimum Gasteiger partial charge on any atom is -0.314 e. The van der Waals surface area contributed by atoms with Crippen LogP contribution < -0.4 is 21.2 Å². The molecule has 0 fully saturated rings. The van der Waals surface area contributed by atoms with Crippen LogP contribution in [0.2, 0.25) is 0 Å². The molecule has 0 bridgehead atoms. The maximum atomic E-state index is 15.2. The first-order valence-electron chi connectivity index (χ1n) is 13.1. The van der Waals surface area contributed by atoms with Crippen molar-refractivity contribution in [2.24, 2.45) is 0 Å². The van der Waals surface area contributed by atoms with Gasteiger partial charge in [-0.05, 0) is 93.0 Å². The number of benzene rings is 4. The molecule has 10 heteroatoms. The normalized spacial score (nSPS) is 12.9. The largest absolute Gasteiger partial charge is 0.416 e. The molecule has 0 aliphatic rings. The van der Waals surface area contributed by atoms with Crippen molar-refractivity contribution >= 4 is 46.2 Å². The zero-order valence-electron chi connectivity index (χ0n) is 23.5. The van der Waals surface area contributed by atoms with Crippen LogP contribution >= 0.6 is 13.2 Å². The summed E-state index contributed by atoms with van der Waals surface area (Å²) in [6.45, 7) is 7.66. The Balaban J connectivity index is 1.87. The molecule has 0 unspecified atom stereocenters. The van der Waals surface area contributed by atoms with E-state index >= 15 is 4.57 Å². The minimum atomic E-state index is -4.56. The van der Waals surface area contributed by atoms with Crippen LogP contribution in [0.1, 0.15) is 33.4 Å². The van der Waals surface area contributed by atoms with Crippen LogP contribution in [0.3, 0.4) is 0 Å². The van der Waals surface area contributed by atoms with Crippen LogP contribution in [-0.4, -0.2) is 12.3 Å². The van der Waals surface area contributed by atoms with E-state index in [-0.39, 0.29) is 12.3 Å². The summed E-state index contributed by atoms with van der Waals surface area (Å²) in [4.78, 5) is 0. The van der Waals surface area contributed by atoms with E-state index in [2.05, 4.69) is 0 Å². The molecule has 0 aliphatic heterocycles. The molecule has 0 saturated carbocycles. The van der Waals surface area contributed by atoms with E-state index in [1.165, 1.54) is 24.3 Å². The van der Waals surface area contributed by atoms with Crippen molar-refractivity contribution in [3.8, 4) is 0 Å². The van der Waals surface area contributed by atoms with Gasteiger partial charge < -0.3 is 4.57 Å². The molecule has 0 aliphatic carbocycles. The lowest BCUT2D eigenvalue weighted by atomic mass is 10.2. The highest BCUT2D eigenvalue weighted by atomic mass is 32.4. The lowest BCUT2D eigenvalue weighted by Crippen LogP contribution is -2.26. The second kappa shape index (κ2) is 11.8. The third kappa shape index (κ3) is 6.93. The summed E-state index contributed by atoms with van der Waals surface area (Å²) >= 11 is 6.21.